The highest BCUT2D eigenvalue weighted by atomic mass is 32.1. The molecule has 1 aromatic heterocycles. The fraction of sp³-hybridized carbons (Fsp3) is 0.424. The lowest BCUT2D eigenvalue weighted by Crippen LogP contribution is -2.34. The Balaban J connectivity index is 1.42. The van der Waals surface area contributed by atoms with Crippen molar-refractivity contribution in [2.75, 3.05) is 9.80 Å². The van der Waals surface area contributed by atoms with Crippen LogP contribution in [0.25, 0.3) is 11.1 Å². The Kier molecular flexibility index (Phi) is 10.9. The molecule has 1 heterocycles. The Morgan fingerprint density at radius 2 is 1.00 bits per heavy atom. The van der Waals surface area contributed by atoms with Gasteiger partial charge in [-0.3, -0.25) is 0 Å². The molecule has 0 saturated heterocycles. The Morgan fingerprint density at radius 3 is 1.61 bits per heavy atom. The number of hydrogen-bond acceptors (Lipinski definition) is 3. The van der Waals surface area contributed by atoms with E-state index >= 15 is 0 Å². The molecule has 2 aliphatic carbocycles. The van der Waals surface area contributed by atoms with Crippen molar-refractivity contribution in [2.45, 2.75) is 162 Å². The minimum absolute atomic E-state index is 0.00409. The molecule has 0 N–H and O–H groups in total. The molecule has 0 fully saturated rings. The van der Waals surface area contributed by atoms with Crippen LogP contribution in [0.5, 0.6) is 0 Å². The summed E-state index contributed by atoms with van der Waals surface area (Å²) in [7, 11) is 0. The number of thiophene rings is 1. The minimum atomic E-state index is -0.00409. The normalized spacial score (nSPS) is 17.5. The minimum Gasteiger partial charge on any atom is -0.310 e. The van der Waals surface area contributed by atoms with E-state index in [1.165, 1.54) is 104 Å². The van der Waals surface area contributed by atoms with E-state index < -0.39 is 0 Å². The molecule has 0 atom stereocenters. The fourth-order valence-electron chi connectivity index (χ4n) is 10.3. The van der Waals surface area contributed by atoms with Gasteiger partial charge in [-0.1, -0.05) is 152 Å². The number of nitrogens with zero attached hydrogens (tertiary/aromatic N) is 2. The van der Waals surface area contributed by atoms with Crippen LogP contribution in [-0.2, 0) is 32.5 Å². The predicted molar refractivity (Wildman–Crippen MR) is 272 cm³/mol. The highest BCUT2D eigenvalue weighted by Crippen LogP contribution is 2.56. The van der Waals surface area contributed by atoms with Crippen LogP contribution in [-0.4, -0.2) is 0 Å². The third-order valence-electron chi connectivity index (χ3n) is 14.5. The molecule has 0 radical (unpaired) electrons. The number of rotatable bonds is 7. The van der Waals surface area contributed by atoms with Gasteiger partial charge in [0.15, 0.2) is 0 Å². The van der Waals surface area contributed by atoms with E-state index in [-0.39, 0.29) is 32.5 Å². The van der Waals surface area contributed by atoms with Gasteiger partial charge in [0.2, 0.25) is 0 Å². The zero-order valence-electron chi connectivity index (χ0n) is 40.6. The van der Waals surface area contributed by atoms with Gasteiger partial charge in [0.25, 0.3) is 0 Å². The molecule has 2 nitrogen and oxygen atoms in total. The van der Waals surface area contributed by atoms with E-state index in [0.717, 1.165) is 5.69 Å². The average molecular weight is 841 g/mol. The second-order valence-corrected chi connectivity index (χ2v) is 24.3. The van der Waals surface area contributed by atoms with Crippen molar-refractivity contribution in [2.24, 2.45) is 0 Å². The van der Waals surface area contributed by atoms with Crippen LogP contribution in [0.15, 0.2) is 115 Å². The zero-order chi connectivity index (χ0) is 44.8. The summed E-state index contributed by atoms with van der Waals surface area (Å²) in [5, 5.41) is 2.46. The highest BCUT2D eigenvalue weighted by molar-refractivity contribution is 7.10. The summed E-state index contributed by atoms with van der Waals surface area (Å²) in [5.74, 6) is 0. The van der Waals surface area contributed by atoms with E-state index in [0.29, 0.717) is 0 Å². The molecule has 0 aliphatic heterocycles. The Morgan fingerprint density at radius 1 is 0.468 bits per heavy atom. The maximum Gasteiger partial charge on any atom is 0.0609 e. The maximum absolute atomic E-state index is 2.58. The van der Waals surface area contributed by atoms with Crippen molar-refractivity contribution >= 4 is 45.5 Å². The molecule has 6 aromatic rings. The lowest BCUT2D eigenvalue weighted by Gasteiger charge is -2.42. The molecule has 3 heteroatoms. The average Bonchev–Trinajstić information content (AvgIpc) is 3.66. The lowest BCUT2D eigenvalue weighted by molar-refractivity contribution is 0.332. The van der Waals surface area contributed by atoms with Gasteiger partial charge < -0.3 is 9.80 Å². The monoisotopic (exact) mass is 841 g/mol. The molecule has 0 unspecified atom stereocenters. The molecular formula is C59H72N2S. The maximum atomic E-state index is 2.58. The van der Waals surface area contributed by atoms with E-state index in [1.54, 1.807) is 0 Å². The summed E-state index contributed by atoms with van der Waals surface area (Å²) in [6.45, 7) is 35.7. The van der Waals surface area contributed by atoms with Crippen LogP contribution < -0.4 is 9.80 Å². The van der Waals surface area contributed by atoms with Crippen LogP contribution in [0.1, 0.15) is 161 Å². The fourth-order valence-corrected chi connectivity index (χ4v) is 11.6. The quantitative estimate of drug-likeness (QED) is 0.158. The molecule has 2 aliphatic rings. The Labute approximate surface area is 379 Å². The first-order valence-electron chi connectivity index (χ1n) is 23.2. The van der Waals surface area contributed by atoms with Crippen LogP contribution in [0.2, 0.25) is 0 Å². The van der Waals surface area contributed by atoms with Crippen molar-refractivity contribution < 1.29 is 0 Å². The molecule has 0 amide bonds. The van der Waals surface area contributed by atoms with Gasteiger partial charge in [-0.2, -0.15) is 0 Å². The first-order valence-corrected chi connectivity index (χ1v) is 24.1. The summed E-state index contributed by atoms with van der Waals surface area (Å²) >= 11 is 1.96. The number of hydrogen-bond donors (Lipinski definition) is 0. The van der Waals surface area contributed by atoms with Crippen molar-refractivity contribution in [3.05, 3.63) is 153 Å². The molecule has 0 spiro atoms. The Hall–Kier alpha value is -4.60. The summed E-state index contributed by atoms with van der Waals surface area (Å²) in [5.41, 5.74) is 18.5. The summed E-state index contributed by atoms with van der Waals surface area (Å²) < 4.78 is 0. The molecule has 0 bridgehead atoms. The highest BCUT2D eigenvalue weighted by Gasteiger charge is 2.42. The van der Waals surface area contributed by atoms with Gasteiger partial charge >= 0.3 is 0 Å². The van der Waals surface area contributed by atoms with Gasteiger partial charge in [-0.15, -0.1) is 11.3 Å². The zero-order valence-corrected chi connectivity index (χ0v) is 41.4. The van der Waals surface area contributed by atoms with Crippen LogP contribution >= 0.6 is 11.3 Å². The lowest BCUT2D eigenvalue weighted by atomic mass is 9.63. The van der Waals surface area contributed by atoms with E-state index in [1.807, 2.05) is 11.3 Å². The van der Waals surface area contributed by atoms with Crippen LogP contribution in [0.4, 0.5) is 34.1 Å². The molecule has 0 saturated carbocycles. The third-order valence-corrected chi connectivity index (χ3v) is 15.9. The van der Waals surface area contributed by atoms with Gasteiger partial charge in [0, 0.05) is 38.6 Å². The van der Waals surface area contributed by atoms with Gasteiger partial charge in [0.1, 0.15) is 0 Å². The largest absolute Gasteiger partial charge is 0.310 e. The molecule has 5 aromatic carbocycles. The smallest absolute Gasteiger partial charge is 0.0609 e. The van der Waals surface area contributed by atoms with Crippen molar-refractivity contribution in [3.8, 4) is 11.1 Å². The summed E-state index contributed by atoms with van der Waals surface area (Å²) in [6.07, 6.45) is 4.72. The first kappa shape index (κ1) is 44.0. The standard InChI is InChI=1S/C59H72N2S/c1-39-33-45(60(43-24-21-41(22-25-43)54(2,3)4)51-38-62-53-52(51)58(12,13)31-32-59(53,14)15)36-46(34-39)61(44-26-27-48-49(37-44)57(10,11)30-29-56(48,8)9)50-28-23-42(55(5,6)7)35-47(50)40-19-17-16-18-20-40/h16-28,33-38H,29-32H2,1-15H3. The Bertz CT molecular complexity index is 2600. The second-order valence-electron chi connectivity index (χ2n) is 23.4. The molecular weight excluding hydrogens is 769 g/mol. The van der Waals surface area contributed by atoms with E-state index in [2.05, 4.69) is 228 Å². The number of anilines is 6. The molecule has 324 valence electrons. The van der Waals surface area contributed by atoms with Gasteiger partial charge in [-0.05, 0) is 159 Å². The predicted octanol–water partition coefficient (Wildman–Crippen LogP) is 18.0. The van der Waals surface area contributed by atoms with E-state index in [4.69, 9.17) is 0 Å². The second kappa shape index (κ2) is 15.3. The number of benzene rings is 5. The SMILES string of the molecule is Cc1cc(N(c2ccc3c(c2)C(C)(C)CCC3(C)C)c2ccc(C(C)(C)C)cc2-c2ccccc2)cc(N(c2ccc(C(C)(C)C)cc2)c2csc3c2C(C)(C)CCC3(C)C)c1. The third kappa shape index (κ3) is 8.09. The van der Waals surface area contributed by atoms with Crippen molar-refractivity contribution in [3.63, 3.8) is 0 Å². The summed E-state index contributed by atoms with van der Waals surface area (Å²) in [4.78, 5) is 6.68. The number of aryl methyl sites for hydroxylation is 1. The van der Waals surface area contributed by atoms with E-state index in [9.17, 15) is 0 Å². The number of fused-ring (bicyclic) bond motifs is 2. The molecule has 8 rings (SSSR count). The summed E-state index contributed by atoms with van der Waals surface area (Å²) in [6, 6.07) is 42.3. The van der Waals surface area contributed by atoms with Gasteiger partial charge in [0.05, 0.1) is 11.4 Å². The van der Waals surface area contributed by atoms with Gasteiger partial charge in [-0.25, -0.2) is 0 Å². The topological polar surface area (TPSA) is 6.48 Å². The van der Waals surface area contributed by atoms with Crippen molar-refractivity contribution in [1.29, 1.82) is 0 Å². The molecule has 62 heavy (non-hydrogen) atoms. The van der Waals surface area contributed by atoms with Crippen LogP contribution in [0.3, 0.4) is 0 Å². The van der Waals surface area contributed by atoms with Crippen LogP contribution in [0, 0.1) is 6.92 Å². The van der Waals surface area contributed by atoms with Crippen molar-refractivity contribution in [1.82, 2.24) is 0 Å². The first-order chi connectivity index (χ1) is 28.9.